The van der Waals surface area contributed by atoms with Gasteiger partial charge in [-0.15, -0.1) is 0 Å². The second kappa shape index (κ2) is 13.3. The van der Waals surface area contributed by atoms with E-state index in [0.717, 1.165) is 57.6 Å². The molecule has 0 aliphatic carbocycles. The summed E-state index contributed by atoms with van der Waals surface area (Å²) in [7, 11) is 0. The number of benzene rings is 4. The number of anilines is 2. The summed E-state index contributed by atoms with van der Waals surface area (Å²) in [6.45, 7) is 1.29. The van der Waals surface area contributed by atoms with Gasteiger partial charge >= 0.3 is 0 Å². The molecule has 0 saturated carbocycles. The van der Waals surface area contributed by atoms with E-state index in [1.54, 1.807) is 9.80 Å². The molecule has 2 fully saturated rings. The summed E-state index contributed by atoms with van der Waals surface area (Å²) in [4.78, 5) is 31.2. The molecule has 0 spiro atoms. The van der Waals surface area contributed by atoms with Crippen molar-refractivity contribution in [1.82, 2.24) is 9.80 Å². The maximum absolute atomic E-state index is 15.0. The van der Waals surface area contributed by atoms with Gasteiger partial charge in [0, 0.05) is 50.4 Å². The highest BCUT2D eigenvalue weighted by molar-refractivity contribution is 6.02. The van der Waals surface area contributed by atoms with Crippen molar-refractivity contribution in [3.63, 3.8) is 0 Å². The molecule has 0 bridgehead atoms. The van der Waals surface area contributed by atoms with Crippen LogP contribution >= 0.6 is 0 Å². The van der Waals surface area contributed by atoms with Crippen LogP contribution in [-0.4, -0.2) is 72.2 Å². The number of hydrogen-bond acceptors (Lipinski definition) is 6. The van der Waals surface area contributed by atoms with Gasteiger partial charge in [-0.25, -0.2) is 8.78 Å². The fourth-order valence-electron chi connectivity index (χ4n) is 7.39. The first-order chi connectivity index (χ1) is 24.2. The van der Waals surface area contributed by atoms with Crippen molar-refractivity contribution in [2.45, 2.75) is 37.0 Å². The van der Waals surface area contributed by atoms with Gasteiger partial charge in [0.2, 0.25) is 11.3 Å². The molecule has 0 N–H and O–H groups in total. The molecule has 4 aliphatic rings. The van der Waals surface area contributed by atoms with E-state index in [1.807, 2.05) is 97.3 Å². The Kier molecular flexibility index (Phi) is 8.71. The lowest BCUT2D eigenvalue weighted by atomic mass is 10.0. The van der Waals surface area contributed by atoms with Crippen molar-refractivity contribution in [3.8, 4) is 34.6 Å². The van der Waals surface area contributed by atoms with Gasteiger partial charge in [0.15, 0.2) is 12.4 Å². The van der Waals surface area contributed by atoms with Crippen LogP contribution in [-0.2, 0) is 22.4 Å². The van der Waals surface area contributed by atoms with Gasteiger partial charge in [-0.1, -0.05) is 72.8 Å². The highest BCUT2D eigenvalue weighted by atomic mass is 19.1. The van der Waals surface area contributed by atoms with Crippen LogP contribution in [0.4, 0.5) is 20.2 Å². The van der Waals surface area contributed by atoms with Crippen LogP contribution in [0.2, 0.25) is 0 Å². The number of rotatable bonds is 4. The molecule has 2 amide bonds. The van der Waals surface area contributed by atoms with Gasteiger partial charge in [0.1, 0.15) is 0 Å². The number of carbonyl (C=O) groups excluding carboxylic acids is 2. The Bertz CT molecular complexity index is 1870. The Labute approximate surface area is 290 Å². The van der Waals surface area contributed by atoms with Gasteiger partial charge in [-0.2, -0.15) is 10.5 Å². The molecule has 2 saturated heterocycles. The minimum absolute atomic E-state index is 0.0767. The van der Waals surface area contributed by atoms with Crippen molar-refractivity contribution in [3.05, 3.63) is 108 Å². The molecule has 0 radical (unpaired) electrons. The van der Waals surface area contributed by atoms with Crippen molar-refractivity contribution in [2.75, 3.05) is 49.1 Å². The summed E-state index contributed by atoms with van der Waals surface area (Å²) in [6.07, 6.45) is 5.46. The van der Waals surface area contributed by atoms with E-state index < -0.39 is 23.2 Å². The zero-order chi connectivity index (χ0) is 34.9. The molecular weight excluding hydrogens is 634 g/mol. The monoisotopic (exact) mass is 670 g/mol. The van der Waals surface area contributed by atoms with Crippen LogP contribution in [0.5, 0.6) is 0 Å². The summed E-state index contributed by atoms with van der Waals surface area (Å²) >= 11 is 0. The molecule has 0 aromatic heterocycles. The molecule has 252 valence electrons. The van der Waals surface area contributed by atoms with Crippen molar-refractivity contribution in [1.29, 1.82) is 10.5 Å². The van der Waals surface area contributed by atoms with E-state index in [2.05, 4.69) is 12.1 Å². The van der Waals surface area contributed by atoms with Crippen LogP contribution in [0.1, 0.15) is 24.0 Å². The second-order valence-corrected chi connectivity index (χ2v) is 13.3. The van der Waals surface area contributed by atoms with E-state index in [0.29, 0.717) is 26.2 Å². The van der Waals surface area contributed by atoms with Crippen LogP contribution in [0.25, 0.3) is 22.3 Å². The number of nitriles is 2. The Hall–Kier alpha value is -5.74. The maximum atomic E-state index is 15.0. The molecular formula is C40H36F2N6O2. The predicted molar refractivity (Wildman–Crippen MR) is 187 cm³/mol. The number of nitrogens with zero attached hydrogens (tertiary/aromatic N) is 6. The lowest BCUT2D eigenvalue weighted by molar-refractivity contribution is -0.129. The zero-order valence-corrected chi connectivity index (χ0v) is 27.6. The van der Waals surface area contributed by atoms with Crippen molar-refractivity contribution < 1.29 is 18.4 Å². The Balaban J connectivity index is 0.000000157. The number of hydrogen-bond donors (Lipinski definition) is 0. The molecule has 2 atom stereocenters. The highest BCUT2D eigenvalue weighted by Crippen LogP contribution is 2.38. The van der Waals surface area contributed by atoms with E-state index in [9.17, 15) is 9.59 Å². The lowest BCUT2D eigenvalue weighted by Crippen LogP contribution is -2.47. The van der Waals surface area contributed by atoms with E-state index >= 15 is 8.78 Å². The first kappa shape index (κ1) is 32.8. The fraction of sp³-hybridized carbons (Fsp3) is 0.300. The number of amides is 2. The van der Waals surface area contributed by atoms with Crippen molar-refractivity contribution >= 4 is 23.2 Å². The van der Waals surface area contributed by atoms with Crippen LogP contribution in [0.15, 0.2) is 97.1 Å². The summed E-state index contributed by atoms with van der Waals surface area (Å²) in [6, 6.07) is 32.0. The molecule has 50 heavy (non-hydrogen) atoms. The minimum atomic E-state index is -1.96. The average molecular weight is 671 g/mol. The number of carbonyl (C=O) groups is 2. The number of fused-ring (bicyclic) bond motifs is 2. The number of halogens is 2. The first-order valence-corrected chi connectivity index (χ1v) is 16.9. The molecule has 4 aliphatic heterocycles. The number of likely N-dealkylation sites (tertiary alicyclic amines) is 2. The molecule has 8 nitrogen and oxygen atoms in total. The van der Waals surface area contributed by atoms with E-state index in [4.69, 9.17) is 10.5 Å². The SMILES string of the molecule is N#CN1CC[C@@](F)(C(=O)N2CCc3cc(-c4ccccc4)ccc32)C1.N#CN1CC[C@](F)(C(=O)N2CCc3cc(-c4ccccc4)ccc32)C1. The Morgan fingerprint density at radius 3 is 1.32 bits per heavy atom. The van der Waals surface area contributed by atoms with Gasteiger partial charge in [-0.05, 0) is 70.5 Å². The molecule has 4 aromatic carbocycles. The van der Waals surface area contributed by atoms with Crippen LogP contribution in [0, 0.1) is 22.9 Å². The summed E-state index contributed by atoms with van der Waals surface area (Å²) in [5.74, 6) is -1.03. The first-order valence-electron chi connectivity index (χ1n) is 16.9. The van der Waals surface area contributed by atoms with Crippen LogP contribution < -0.4 is 9.80 Å². The highest BCUT2D eigenvalue weighted by Gasteiger charge is 2.49. The molecule has 0 unspecified atom stereocenters. The van der Waals surface area contributed by atoms with Gasteiger partial charge in [0.25, 0.3) is 11.8 Å². The second-order valence-electron chi connectivity index (χ2n) is 13.3. The lowest BCUT2D eigenvalue weighted by Gasteiger charge is -2.25. The number of alkyl halides is 2. The standard InChI is InChI=1S/2C20H18FN3O/c2*21-20(9-11-23(13-20)14-22)19(25)24-10-8-17-12-16(6-7-18(17)24)15-4-2-1-3-5-15/h2*1-7,12H,8-11,13H2/t2*20-/m10/s1. The van der Waals surface area contributed by atoms with Gasteiger partial charge in [-0.3, -0.25) is 9.59 Å². The van der Waals surface area contributed by atoms with Gasteiger partial charge in [0.05, 0.1) is 13.1 Å². The molecule has 4 heterocycles. The predicted octanol–water partition coefficient (Wildman–Crippen LogP) is 6.28. The van der Waals surface area contributed by atoms with Gasteiger partial charge < -0.3 is 19.6 Å². The van der Waals surface area contributed by atoms with Crippen molar-refractivity contribution in [2.24, 2.45) is 0 Å². The Morgan fingerprint density at radius 1 is 0.560 bits per heavy atom. The third-order valence-electron chi connectivity index (χ3n) is 10.1. The third-order valence-corrected chi connectivity index (χ3v) is 10.1. The van der Waals surface area contributed by atoms with E-state index in [-0.39, 0.29) is 25.9 Å². The fourth-order valence-corrected chi connectivity index (χ4v) is 7.39. The Morgan fingerprint density at radius 2 is 0.960 bits per heavy atom. The zero-order valence-electron chi connectivity index (χ0n) is 27.6. The quantitative estimate of drug-likeness (QED) is 0.238. The van der Waals surface area contributed by atoms with E-state index in [1.165, 1.54) is 9.80 Å². The third kappa shape index (κ3) is 6.14. The summed E-state index contributed by atoms with van der Waals surface area (Å²) < 4.78 is 30.1. The molecule has 8 rings (SSSR count). The largest absolute Gasteiger partial charge is 0.309 e. The summed E-state index contributed by atoms with van der Waals surface area (Å²) in [5.41, 5.74) is 4.22. The smallest absolute Gasteiger partial charge is 0.266 e. The topological polar surface area (TPSA) is 94.7 Å². The summed E-state index contributed by atoms with van der Waals surface area (Å²) in [5, 5.41) is 17.9. The normalized spacial score (nSPS) is 21.9. The minimum Gasteiger partial charge on any atom is -0.309 e. The maximum Gasteiger partial charge on any atom is 0.266 e. The molecule has 4 aromatic rings. The van der Waals surface area contributed by atoms with Crippen LogP contribution in [0.3, 0.4) is 0 Å². The average Bonchev–Trinajstić information content (AvgIpc) is 3.97. The molecule has 10 heteroatoms.